The van der Waals surface area contributed by atoms with Crippen molar-refractivity contribution in [3.63, 3.8) is 0 Å². The Hall–Kier alpha value is -1.92. The molecule has 2 saturated heterocycles. The number of aryl methyl sites for hydroxylation is 2. The molecule has 2 aliphatic rings. The summed E-state index contributed by atoms with van der Waals surface area (Å²) in [7, 11) is 1.57. The highest BCUT2D eigenvalue weighted by molar-refractivity contribution is 5.94. The number of hydrogen-bond acceptors (Lipinski definition) is 4. The van der Waals surface area contributed by atoms with Crippen LogP contribution in [0.15, 0.2) is 18.2 Å². The molecule has 2 heterocycles. The van der Waals surface area contributed by atoms with Crippen LogP contribution in [0, 0.1) is 13.8 Å². The number of ether oxygens (including phenoxy) is 1. The van der Waals surface area contributed by atoms with Gasteiger partial charge < -0.3 is 19.4 Å². The molecular weight excluding hydrogens is 378 g/mol. The number of amides is 2. The van der Waals surface area contributed by atoms with Gasteiger partial charge in [0.15, 0.2) is 0 Å². The molecule has 2 fully saturated rings. The van der Waals surface area contributed by atoms with E-state index in [2.05, 4.69) is 11.8 Å². The smallest absolute Gasteiger partial charge is 0.253 e. The molecule has 0 radical (unpaired) electrons. The maximum Gasteiger partial charge on any atom is 0.253 e. The SMILES string of the molecule is COCC(=O)N(CCCN1CCCC1)C1CCCN(C(=O)c2ccc(C)c(C)c2)C1. The Kier molecular flexibility index (Phi) is 8.28. The molecule has 0 spiro atoms. The second-order valence-electron chi connectivity index (χ2n) is 8.77. The van der Waals surface area contributed by atoms with Crippen LogP contribution in [0.2, 0.25) is 0 Å². The van der Waals surface area contributed by atoms with Crippen molar-refractivity contribution in [2.75, 3.05) is 53.0 Å². The molecule has 2 amide bonds. The number of piperidine rings is 1. The summed E-state index contributed by atoms with van der Waals surface area (Å²) in [5, 5.41) is 0. The number of carbonyl (C=O) groups is 2. The highest BCUT2D eigenvalue weighted by atomic mass is 16.5. The lowest BCUT2D eigenvalue weighted by atomic mass is 10.0. The fourth-order valence-corrected chi connectivity index (χ4v) is 4.64. The van der Waals surface area contributed by atoms with Crippen molar-refractivity contribution in [1.29, 1.82) is 0 Å². The predicted molar refractivity (Wildman–Crippen MR) is 119 cm³/mol. The molecular formula is C24H37N3O3. The lowest BCUT2D eigenvalue weighted by molar-refractivity contribution is -0.138. The molecule has 0 saturated carbocycles. The molecule has 3 rings (SSSR count). The zero-order chi connectivity index (χ0) is 21.5. The highest BCUT2D eigenvalue weighted by Crippen LogP contribution is 2.20. The molecule has 1 aromatic carbocycles. The summed E-state index contributed by atoms with van der Waals surface area (Å²) in [5.41, 5.74) is 3.06. The van der Waals surface area contributed by atoms with E-state index >= 15 is 0 Å². The third-order valence-electron chi connectivity index (χ3n) is 6.54. The first-order chi connectivity index (χ1) is 14.5. The second-order valence-corrected chi connectivity index (χ2v) is 8.77. The van der Waals surface area contributed by atoms with Crippen LogP contribution in [0.5, 0.6) is 0 Å². The zero-order valence-corrected chi connectivity index (χ0v) is 18.9. The summed E-state index contributed by atoms with van der Waals surface area (Å²) in [6.45, 7) is 9.67. The summed E-state index contributed by atoms with van der Waals surface area (Å²) >= 11 is 0. The molecule has 0 aromatic heterocycles. The predicted octanol–water partition coefficient (Wildman–Crippen LogP) is 2.87. The minimum absolute atomic E-state index is 0.0319. The van der Waals surface area contributed by atoms with Crippen LogP contribution in [0.25, 0.3) is 0 Å². The summed E-state index contributed by atoms with van der Waals surface area (Å²) in [6, 6.07) is 5.97. The van der Waals surface area contributed by atoms with E-state index in [1.807, 2.05) is 34.9 Å². The zero-order valence-electron chi connectivity index (χ0n) is 18.9. The van der Waals surface area contributed by atoms with E-state index in [1.165, 1.54) is 31.5 Å². The van der Waals surface area contributed by atoms with Crippen LogP contribution in [-0.4, -0.2) is 85.5 Å². The van der Waals surface area contributed by atoms with Crippen molar-refractivity contribution in [2.24, 2.45) is 0 Å². The Morgan fingerprint density at radius 2 is 1.87 bits per heavy atom. The molecule has 6 heteroatoms. The third kappa shape index (κ3) is 5.82. The third-order valence-corrected chi connectivity index (χ3v) is 6.54. The molecule has 2 aliphatic heterocycles. The van der Waals surface area contributed by atoms with Crippen LogP contribution in [0.3, 0.4) is 0 Å². The van der Waals surface area contributed by atoms with Crippen molar-refractivity contribution in [2.45, 2.75) is 52.0 Å². The maximum atomic E-state index is 13.1. The van der Waals surface area contributed by atoms with Gasteiger partial charge >= 0.3 is 0 Å². The maximum absolute atomic E-state index is 13.1. The lowest BCUT2D eigenvalue weighted by Gasteiger charge is -2.39. The number of benzene rings is 1. The normalized spacial score (nSPS) is 19.8. The van der Waals surface area contributed by atoms with Crippen LogP contribution < -0.4 is 0 Å². The van der Waals surface area contributed by atoms with E-state index in [-0.39, 0.29) is 24.5 Å². The van der Waals surface area contributed by atoms with Crippen LogP contribution in [0.1, 0.15) is 53.6 Å². The van der Waals surface area contributed by atoms with Gasteiger partial charge in [-0.15, -0.1) is 0 Å². The van der Waals surface area contributed by atoms with E-state index in [0.29, 0.717) is 6.54 Å². The Labute approximate surface area is 181 Å². The highest BCUT2D eigenvalue weighted by Gasteiger charge is 2.31. The van der Waals surface area contributed by atoms with Crippen molar-refractivity contribution >= 4 is 11.8 Å². The Morgan fingerprint density at radius 3 is 2.57 bits per heavy atom. The summed E-state index contributed by atoms with van der Waals surface area (Å²) in [5.74, 6) is 0.100. The fourth-order valence-electron chi connectivity index (χ4n) is 4.64. The van der Waals surface area contributed by atoms with Gasteiger partial charge in [0.05, 0.1) is 0 Å². The van der Waals surface area contributed by atoms with Gasteiger partial charge in [0.1, 0.15) is 6.61 Å². The topological polar surface area (TPSA) is 53.1 Å². The Morgan fingerprint density at radius 1 is 1.10 bits per heavy atom. The molecule has 166 valence electrons. The molecule has 0 N–H and O–H groups in total. The number of likely N-dealkylation sites (tertiary alicyclic amines) is 2. The van der Waals surface area contributed by atoms with Gasteiger partial charge in [0, 0.05) is 38.3 Å². The number of methoxy groups -OCH3 is 1. The largest absolute Gasteiger partial charge is 0.375 e. The van der Waals surface area contributed by atoms with Crippen molar-refractivity contribution in [3.8, 4) is 0 Å². The number of hydrogen-bond donors (Lipinski definition) is 0. The van der Waals surface area contributed by atoms with E-state index in [1.54, 1.807) is 7.11 Å². The summed E-state index contributed by atoms with van der Waals surface area (Å²) in [4.78, 5) is 32.3. The quantitative estimate of drug-likeness (QED) is 0.655. The van der Waals surface area contributed by atoms with Crippen LogP contribution in [-0.2, 0) is 9.53 Å². The Balaban J connectivity index is 1.64. The number of nitrogens with zero attached hydrogens (tertiary/aromatic N) is 3. The summed E-state index contributed by atoms with van der Waals surface area (Å²) < 4.78 is 5.14. The van der Waals surface area contributed by atoms with Crippen LogP contribution >= 0.6 is 0 Å². The van der Waals surface area contributed by atoms with E-state index in [0.717, 1.165) is 50.0 Å². The molecule has 30 heavy (non-hydrogen) atoms. The van der Waals surface area contributed by atoms with E-state index < -0.39 is 0 Å². The van der Waals surface area contributed by atoms with Crippen LogP contribution in [0.4, 0.5) is 0 Å². The van der Waals surface area contributed by atoms with Gasteiger partial charge in [-0.2, -0.15) is 0 Å². The van der Waals surface area contributed by atoms with Gasteiger partial charge in [-0.25, -0.2) is 0 Å². The molecule has 1 unspecified atom stereocenters. The molecule has 0 aliphatic carbocycles. The van der Waals surface area contributed by atoms with Gasteiger partial charge in [0.25, 0.3) is 5.91 Å². The molecule has 1 aromatic rings. The van der Waals surface area contributed by atoms with Crippen molar-refractivity contribution in [3.05, 3.63) is 34.9 Å². The van der Waals surface area contributed by atoms with Gasteiger partial charge in [-0.05, 0) is 88.8 Å². The monoisotopic (exact) mass is 415 g/mol. The lowest BCUT2D eigenvalue weighted by Crippen LogP contribution is -2.53. The van der Waals surface area contributed by atoms with E-state index in [9.17, 15) is 9.59 Å². The molecule has 6 nitrogen and oxygen atoms in total. The van der Waals surface area contributed by atoms with Gasteiger partial charge in [-0.3, -0.25) is 9.59 Å². The number of rotatable bonds is 8. The van der Waals surface area contributed by atoms with E-state index in [4.69, 9.17) is 4.74 Å². The fraction of sp³-hybridized carbons (Fsp3) is 0.667. The average Bonchev–Trinajstić information content (AvgIpc) is 3.26. The number of carbonyl (C=O) groups excluding carboxylic acids is 2. The summed E-state index contributed by atoms with van der Waals surface area (Å²) in [6.07, 6.45) is 5.39. The van der Waals surface area contributed by atoms with Crippen molar-refractivity contribution in [1.82, 2.24) is 14.7 Å². The minimum atomic E-state index is 0.0319. The molecule has 1 atom stereocenters. The van der Waals surface area contributed by atoms with Gasteiger partial charge in [-0.1, -0.05) is 6.07 Å². The Bertz CT molecular complexity index is 730. The second kappa shape index (κ2) is 10.9. The van der Waals surface area contributed by atoms with Gasteiger partial charge in [0.2, 0.25) is 5.91 Å². The first kappa shape index (κ1) is 22.8. The minimum Gasteiger partial charge on any atom is -0.375 e. The van der Waals surface area contributed by atoms with Crippen molar-refractivity contribution < 1.29 is 14.3 Å². The standard InChI is InChI=1S/C24H37N3O3/c1-19-9-10-21(16-20(19)2)24(29)26-14-6-8-22(17-26)27(23(28)18-30-3)15-7-13-25-11-4-5-12-25/h9-10,16,22H,4-8,11-15,17-18H2,1-3H3. The first-order valence-corrected chi connectivity index (χ1v) is 11.4. The first-order valence-electron chi connectivity index (χ1n) is 11.4. The average molecular weight is 416 g/mol. The molecule has 0 bridgehead atoms.